The molecule has 3 N–H and O–H groups in total. The Morgan fingerprint density at radius 1 is 1.38 bits per heavy atom. The van der Waals surface area contributed by atoms with E-state index in [0.717, 1.165) is 0 Å². The van der Waals surface area contributed by atoms with Gasteiger partial charge in [0, 0.05) is 0 Å². The molecule has 0 bridgehead atoms. The molecule has 0 heterocycles. The predicted molar refractivity (Wildman–Crippen MR) is 75.0 cm³/mol. The van der Waals surface area contributed by atoms with Gasteiger partial charge in [0.1, 0.15) is 11.8 Å². The average Bonchev–Trinajstić information content (AvgIpc) is 2.41. The number of nitrogens with one attached hydrogen (secondary N) is 1. The number of aliphatic carboxylic acids is 1. The number of aromatic hydroxyl groups is 1. The number of sulfonamides is 1. The van der Waals surface area contributed by atoms with Crippen LogP contribution in [0.1, 0.15) is 18.9 Å². The Morgan fingerprint density at radius 3 is 2.38 bits per heavy atom. The molecule has 2 unspecified atom stereocenters. The number of phenols is 1. The van der Waals surface area contributed by atoms with Gasteiger partial charge in [0.05, 0.1) is 6.07 Å². The van der Waals surface area contributed by atoms with Gasteiger partial charge in [0.15, 0.2) is 5.25 Å². The molecule has 1 aromatic rings. The molecular formula is C13H16N2O5S. The topological polar surface area (TPSA) is 127 Å². The van der Waals surface area contributed by atoms with Crippen LogP contribution in [-0.2, 0) is 21.2 Å². The van der Waals surface area contributed by atoms with Gasteiger partial charge in [-0.05, 0) is 30.5 Å². The summed E-state index contributed by atoms with van der Waals surface area (Å²) in [6.45, 7) is 1.53. The zero-order valence-corrected chi connectivity index (χ0v) is 12.2. The summed E-state index contributed by atoms with van der Waals surface area (Å²) in [5.41, 5.74) is 0.549. The van der Waals surface area contributed by atoms with Gasteiger partial charge in [-0.15, -0.1) is 0 Å². The van der Waals surface area contributed by atoms with E-state index in [9.17, 15) is 13.2 Å². The summed E-state index contributed by atoms with van der Waals surface area (Å²) in [4.78, 5) is 11.2. The van der Waals surface area contributed by atoms with Crippen molar-refractivity contribution in [1.29, 1.82) is 5.26 Å². The first kappa shape index (κ1) is 16.9. The van der Waals surface area contributed by atoms with Crippen molar-refractivity contribution in [3.8, 4) is 11.8 Å². The molecule has 114 valence electrons. The van der Waals surface area contributed by atoms with Gasteiger partial charge in [-0.25, -0.2) is 8.42 Å². The fourth-order valence-electron chi connectivity index (χ4n) is 1.71. The van der Waals surface area contributed by atoms with Crippen LogP contribution in [0.4, 0.5) is 0 Å². The Balaban J connectivity index is 2.91. The summed E-state index contributed by atoms with van der Waals surface area (Å²) in [6, 6.07) is 6.02. The van der Waals surface area contributed by atoms with E-state index in [-0.39, 0.29) is 18.6 Å². The number of hydrogen-bond donors (Lipinski definition) is 3. The fourth-order valence-corrected chi connectivity index (χ4v) is 3.03. The molecule has 1 aromatic carbocycles. The van der Waals surface area contributed by atoms with Crippen LogP contribution in [0.25, 0.3) is 0 Å². The van der Waals surface area contributed by atoms with Crippen LogP contribution in [0.2, 0.25) is 0 Å². The van der Waals surface area contributed by atoms with E-state index in [0.29, 0.717) is 5.56 Å². The van der Waals surface area contributed by atoms with Crippen molar-refractivity contribution in [2.45, 2.75) is 31.1 Å². The van der Waals surface area contributed by atoms with E-state index in [1.165, 1.54) is 31.2 Å². The molecule has 0 radical (unpaired) electrons. The van der Waals surface area contributed by atoms with E-state index in [1.807, 2.05) is 4.72 Å². The molecular weight excluding hydrogens is 296 g/mol. The molecule has 0 aliphatic heterocycles. The van der Waals surface area contributed by atoms with Crippen LogP contribution in [0.5, 0.6) is 5.75 Å². The summed E-state index contributed by atoms with van der Waals surface area (Å²) >= 11 is 0. The largest absolute Gasteiger partial charge is 0.508 e. The van der Waals surface area contributed by atoms with Gasteiger partial charge in [-0.3, -0.25) is 4.79 Å². The van der Waals surface area contributed by atoms with E-state index < -0.39 is 27.3 Å². The van der Waals surface area contributed by atoms with Gasteiger partial charge in [-0.1, -0.05) is 19.1 Å². The average molecular weight is 312 g/mol. The van der Waals surface area contributed by atoms with Crippen molar-refractivity contribution < 1.29 is 23.4 Å². The third-order valence-electron chi connectivity index (χ3n) is 2.87. The molecule has 0 aliphatic carbocycles. The number of nitriles is 1. The van der Waals surface area contributed by atoms with Crippen LogP contribution in [-0.4, -0.2) is 35.9 Å². The van der Waals surface area contributed by atoms with Crippen molar-refractivity contribution in [2.24, 2.45) is 0 Å². The third kappa shape index (κ3) is 4.73. The summed E-state index contributed by atoms with van der Waals surface area (Å²) in [5, 5.41) is 25.8. The molecule has 2 atom stereocenters. The number of rotatable bonds is 7. The number of benzene rings is 1. The van der Waals surface area contributed by atoms with Crippen LogP contribution in [0.15, 0.2) is 24.3 Å². The van der Waals surface area contributed by atoms with Crippen LogP contribution in [0.3, 0.4) is 0 Å². The van der Waals surface area contributed by atoms with Gasteiger partial charge in [0.25, 0.3) is 0 Å². The van der Waals surface area contributed by atoms with Crippen LogP contribution in [0, 0.1) is 11.3 Å². The first-order valence-electron chi connectivity index (χ1n) is 6.21. The highest BCUT2D eigenvalue weighted by atomic mass is 32.2. The molecule has 1 rings (SSSR count). The SMILES string of the molecule is CCC(C#N)S(=O)(=O)NC(Cc1ccc(O)cc1)C(=O)O. The Kier molecular flexibility index (Phi) is 5.69. The number of carboxylic acids is 1. The van der Waals surface area contributed by atoms with Crippen LogP contribution < -0.4 is 4.72 Å². The molecule has 0 aromatic heterocycles. The van der Waals surface area contributed by atoms with Crippen molar-refractivity contribution in [2.75, 3.05) is 0 Å². The Bertz CT molecular complexity index is 634. The molecule has 0 spiro atoms. The first-order valence-corrected chi connectivity index (χ1v) is 7.76. The monoisotopic (exact) mass is 312 g/mol. The second kappa shape index (κ2) is 7.06. The molecule has 0 saturated heterocycles. The highest BCUT2D eigenvalue weighted by Crippen LogP contribution is 2.13. The second-order valence-electron chi connectivity index (χ2n) is 4.45. The van der Waals surface area contributed by atoms with Gasteiger partial charge < -0.3 is 10.2 Å². The molecule has 8 heteroatoms. The molecule has 0 aliphatic rings. The van der Waals surface area contributed by atoms with Gasteiger partial charge in [-0.2, -0.15) is 9.98 Å². The number of carboxylic acid groups (broad SMARTS) is 1. The van der Waals surface area contributed by atoms with Crippen molar-refractivity contribution in [1.82, 2.24) is 4.72 Å². The lowest BCUT2D eigenvalue weighted by Crippen LogP contribution is -2.45. The van der Waals surface area contributed by atoms with Crippen molar-refractivity contribution in [3.63, 3.8) is 0 Å². The molecule has 21 heavy (non-hydrogen) atoms. The molecule has 0 amide bonds. The maximum Gasteiger partial charge on any atom is 0.322 e. The van der Waals surface area contributed by atoms with Crippen LogP contribution >= 0.6 is 0 Å². The summed E-state index contributed by atoms with van der Waals surface area (Å²) in [7, 11) is -4.04. The van der Waals surface area contributed by atoms with Gasteiger partial charge >= 0.3 is 5.97 Å². The lowest BCUT2D eigenvalue weighted by atomic mass is 10.1. The highest BCUT2D eigenvalue weighted by molar-refractivity contribution is 7.90. The summed E-state index contributed by atoms with van der Waals surface area (Å²) in [6.07, 6.45) is -0.0198. The summed E-state index contributed by atoms with van der Waals surface area (Å²) < 4.78 is 25.9. The zero-order chi connectivity index (χ0) is 16.0. The van der Waals surface area contributed by atoms with Crippen molar-refractivity contribution in [3.05, 3.63) is 29.8 Å². The zero-order valence-electron chi connectivity index (χ0n) is 11.4. The Morgan fingerprint density at radius 2 is 1.95 bits per heavy atom. The molecule has 0 fully saturated rings. The second-order valence-corrected chi connectivity index (χ2v) is 6.35. The Labute approximate surface area is 122 Å². The predicted octanol–water partition coefficient (Wildman–Crippen LogP) is 0.609. The fraction of sp³-hybridized carbons (Fsp3) is 0.385. The van der Waals surface area contributed by atoms with Crippen molar-refractivity contribution >= 4 is 16.0 Å². The van der Waals surface area contributed by atoms with E-state index in [4.69, 9.17) is 15.5 Å². The number of phenolic OH excluding ortho intramolecular Hbond substituents is 1. The van der Waals surface area contributed by atoms with E-state index >= 15 is 0 Å². The van der Waals surface area contributed by atoms with E-state index in [1.54, 1.807) is 6.07 Å². The minimum Gasteiger partial charge on any atom is -0.508 e. The summed E-state index contributed by atoms with van der Waals surface area (Å²) in [5.74, 6) is -1.30. The van der Waals surface area contributed by atoms with E-state index in [2.05, 4.69) is 0 Å². The standard InChI is InChI=1S/C13H16N2O5S/c1-2-11(8-14)21(19,20)15-12(13(17)18)7-9-3-5-10(16)6-4-9/h3-6,11-12,15-16H,2,7H2,1H3,(H,17,18). The molecule has 0 saturated carbocycles. The number of carbonyl (C=O) groups is 1. The maximum absolute atomic E-state index is 11.9. The third-order valence-corrected chi connectivity index (χ3v) is 4.67. The first-order chi connectivity index (χ1) is 9.80. The Hall–Kier alpha value is -2.11. The lowest BCUT2D eigenvalue weighted by molar-refractivity contribution is -0.138. The quantitative estimate of drug-likeness (QED) is 0.677. The normalized spacial score (nSPS) is 14.1. The molecule has 7 nitrogen and oxygen atoms in total. The lowest BCUT2D eigenvalue weighted by Gasteiger charge is -2.16. The van der Waals surface area contributed by atoms with Gasteiger partial charge in [0.2, 0.25) is 10.0 Å². The minimum atomic E-state index is -4.04. The number of nitrogens with zero attached hydrogens (tertiary/aromatic N) is 1. The smallest absolute Gasteiger partial charge is 0.322 e. The maximum atomic E-state index is 11.9. The minimum absolute atomic E-state index is 0.0294. The number of hydrogen-bond acceptors (Lipinski definition) is 5. The highest BCUT2D eigenvalue weighted by Gasteiger charge is 2.30.